The largest absolute Gasteiger partial charge is 0.456 e. The van der Waals surface area contributed by atoms with Gasteiger partial charge in [0, 0.05) is 11.9 Å². The standard InChI is InChI=1S/C21H24N6O2/c1-15-23-20(26-25-15)14-27-12-3-2-6-19(27)21(28)24-16-7-9-17(10-8-16)29-18-5-4-11-22-13-18/h4-5,7-11,13,19H,2-3,6,12,14H2,1H3,(H,24,28)(H,23,25,26)/t19-/m1/s1. The number of hydrogen-bond acceptors (Lipinski definition) is 6. The van der Waals surface area contributed by atoms with Gasteiger partial charge in [-0.05, 0) is 62.7 Å². The molecule has 2 N–H and O–H groups in total. The highest BCUT2D eigenvalue weighted by Gasteiger charge is 2.29. The number of piperidine rings is 1. The maximum atomic E-state index is 12.9. The molecule has 1 aliphatic rings. The van der Waals surface area contributed by atoms with Crippen LogP contribution in [0.25, 0.3) is 0 Å². The van der Waals surface area contributed by atoms with Crippen LogP contribution in [-0.2, 0) is 11.3 Å². The lowest BCUT2D eigenvalue weighted by atomic mass is 10.0. The van der Waals surface area contributed by atoms with Gasteiger partial charge in [0.25, 0.3) is 0 Å². The summed E-state index contributed by atoms with van der Waals surface area (Å²) >= 11 is 0. The monoisotopic (exact) mass is 392 g/mol. The Balaban J connectivity index is 1.38. The Morgan fingerprint density at radius 1 is 1.24 bits per heavy atom. The Morgan fingerprint density at radius 3 is 2.83 bits per heavy atom. The van der Waals surface area contributed by atoms with Gasteiger partial charge < -0.3 is 10.1 Å². The minimum absolute atomic E-state index is 0.00196. The van der Waals surface area contributed by atoms with Crippen molar-refractivity contribution in [1.82, 2.24) is 25.1 Å². The van der Waals surface area contributed by atoms with E-state index in [0.717, 1.165) is 43.1 Å². The summed E-state index contributed by atoms with van der Waals surface area (Å²) in [5.41, 5.74) is 0.743. The maximum Gasteiger partial charge on any atom is 0.241 e. The van der Waals surface area contributed by atoms with Crippen molar-refractivity contribution in [3.05, 3.63) is 60.4 Å². The molecule has 0 spiro atoms. The molecular weight excluding hydrogens is 368 g/mol. The second-order valence-electron chi connectivity index (χ2n) is 7.12. The molecule has 1 aliphatic heterocycles. The molecule has 150 valence electrons. The van der Waals surface area contributed by atoms with Crippen molar-refractivity contribution in [2.45, 2.75) is 38.8 Å². The molecule has 1 fully saturated rings. The van der Waals surface area contributed by atoms with Gasteiger partial charge in [-0.25, -0.2) is 4.98 Å². The van der Waals surface area contributed by atoms with Crippen LogP contribution in [0.15, 0.2) is 48.8 Å². The highest BCUT2D eigenvalue weighted by molar-refractivity contribution is 5.94. The third-order valence-electron chi connectivity index (χ3n) is 4.90. The number of rotatable bonds is 6. The molecule has 3 heterocycles. The van der Waals surface area contributed by atoms with Gasteiger partial charge >= 0.3 is 0 Å². The number of carbonyl (C=O) groups is 1. The van der Waals surface area contributed by atoms with Crippen LogP contribution >= 0.6 is 0 Å². The molecule has 0 radical (unpaired) electrons. The number of nitrogens with zero attached hydrogens (tertiary/aromatic N) is 4. The van der Waals surface area contributed by atoms with Crippen molar-refractivity contribution in [3.8, 4) is 11.5 Å². The summed E-state index contributed by atoms with van der Waals surface area (Å²) in [5.74, 6) is 2.86. The molecule has 8 heteroatoms. The van der Waals surface area contributed by atoms with Crippen molar-refractivity contribution >= 4 is 11.6 Å². The smallest absolute Gasteiger partial charge is 0.241 e. The first-order chi connectivity index (χ1) is 14.2. The lowest BCUT2D eigenvalue weighted by molar-refractivity contribution is -0.122. The van der Waals surface area contributed by atoms with Crippen LogP contribution < -0.4 is 10.1 Å². The zero-order valence-corrected chi connectivity index (χ0v) is 16.3. The fourth-order valence-corrected chi connectivity index (χ4v) is 3.49. The van der Waals surface area contributed by atoms with Crippen LogP contribution in [0.3, 0.4) is 0 Å². The summed E-state index contributed by atoms with van der Waals surface area (Å²) in [5, 5.41) is 10.1. The first kappa shape index (κ1) is 19.1. The molecule has 1 aromatic carbocycles. The zero-order chi connectivity index (χ0) is 20.1. The van der Waals surface area contributed by atoms with Crippen LogP contribution in [-0.4, -0.2) is 43.6 Å². The van der Waals surface area contributed by atoms with E-state index >= 15 is 0 Å². The van der Waals surface area contributed by atoms with E-state index in [4.69, 9.17) is 4.74 Å². The Morgan fingerprint density at radius 2 is 2.10 bits per heavy atom. The SMILES string of the molecule is Cc1nc(CN2CCCC[C@@H]2C(=O)Nc2ccc(Oc3cccnc3)cc2)n[nH]1. The first-order valence-electron chi connectivity index (χ1n) is 9.78. The molecule has 1 amide bonds. The summed E-state index contributed by atoms with van der Waals surface area (Å²) in [4.78, 5) is 23.5. The number of aryl methyl sites for hydroxylation is 1. The average molecular weight is 392 g/mol. The van der Waals surface area contributed by atoms with Crippen LogP contribution in [0, 0.1) is 6.92 Å². The molecule has 0 unspecified atom stereocenters. The average Bonchev–Trinajstić information content (AvgIpc) is 3.15. The lowest BCUT2D eigenvalue weighted by Crippen LogP contribution is -2.46. The number of amides is 1. The van der Waals surface area contributed by atoms with E-state index < -0.39 is 0 Å². The minimum atomic E-state index is -0.186. The number of aromatic nitrogens is 4. The van der Waals surface area contributed by atoms with Crippen molar-refractivity contribution in [2.75, 3.05) is 11.9 Å². The Labute approximate surface area is 169 Å². The third kappa shape index (κ3) is 4.97. The van der Waals surface area contributed by atoms with E-state index in [1.807, 2.05) is 43.3 Å². The lowest BCUT2D eigenvalue weighted by Gasteiger charge is -2.33. The Hall–Kier alpha value is -3.26. The van der Waals surface area contributed by atoms with E-state index in [9.17, 15) is 4.79 Å². The number of benzene rings is 1. The number of likely N-dealkylation sites (tertiary alicyclic amines) is 1. The molecule has 29 heavy (non-hydrogen) atoms. The fraction of sp³-hybridized carbons (Fsp3) is 0.333. The molecule has 0 aliphatic carbocycles. The highest BCUT2D eigenvalue weighted by atomic mass is 16.5. The van der Waals surface area contributed by atoms with E-state index in [-0.39, 0.29) is 11.9 Å². The molecule has 8 nitrogen and oxygen atoms in total. The van der Waals surface area contributed by atoms with Crippen LogP contribution in [0.2, 0.25) is 0 Å². The van der Waals surface area contributed by atoms with E-state index in [1.165, 1.54) is 0 Å². The molecule has 3 aromatic rings. The van der Waals surface area contributed by atoms with Gasteiger partial charge in [-0.3, -0.25) is 19.8 Å². The number of nitrogens with one attached hydrogen (secondary N) is 2. The second-order valence-corrected chi connectivity index (χ2v) is 7.12. The quantitative estimate of drug-likeness (QED) is 0.668. The minimum Gasteiger partial charge on any atom is -0.456 e. The zero-order valence-electron chi connectivity index (χ0n) is 16.3. The third-order valence-corrected chi connectivity index (χ3v) is 4.90. The molecule has 0 bridgehead atoms. The van der Waals surface area contributed by atoms with Gasteiger partial charge in [-0.2, -0.15) is 5.10 Å². The number of hydrogen-bond donors (Lipinski definition) is 2. The van der Waals surface area contributed by atoms with Gasteiger partial charge in [-0.1, -0.05) is 6.42 Å². The van der Waals surface area contributed by atoms with Crippen molar-refractivity contribution < 1.29 is 9.53 Å². The van der Waals surface area contributed by atoms with Crippen molar-refractivity contribution in [1.29, 1.82) is 0 Å². The molecular formula is C21H24N6O2. The van der Waals surface area contributed by atoms with Crippen molar-refractivity contribution in [2.24, 2.45) is 0 Å². The summed E-state index contributed by atoms with van der Waals surface area (Å²) in [6.45, 7) is 3.31. The number of ether oxygens (including phenoxy) is 1. The van der Waals surface area contributed by atoms with Gasteiger partial charge in [0.2, 0.25) is 5.91 Å². The van der Waals surface area contributed by atoms with Gasteiger partial charge in [0.05, 0.1) is 18.8 Å². The number of aromatic amines is 1. The van der Waals surface area contributed by atoms with Crippen LogP contribution in [0.1, 0.15) is 30.9 Å². The summed E-state index contributed by atoms with van der Waals surface area (Å²) in [7, 11) is 0. The second kappa shape index (κ2) is 8.83. The predicted octanol–water partition coefficient (Wildman–Crippen LogP) is 3.29. The van der Waals surface area contributed by atoms with Crippen LogP contribution in [0.4, 0.5) is 5.69 Å². The topological polar surface area (TPSA) is 96.0 Å². The maximum absolute atomic E-state index is 12.9. The number of carbonyl (C=O) groups excluding carboxylic acids is 1. The van der Waals surface area contributed by atoms with Crippen molar-refractivity contribution in [3.63, 3.8) is 0 Å². The van der Waals surface area contributed by atoms with Gasteiger partial charge in [0.15, 0.2) is 5.82 Å². The molecule has 0 saturated carbocycles. The molecule has 4 rings (SSSR count). The number of H-pyrrole nitrogens is 1. The van der Waals surface area contributed by atoms with Gasteiger partial charge in [-0.15, -0.1) is 0 Å². The summed E-state index contributed by atoms with van der Waals surface area (Å²) in [6, 6.07) is 10.8. The summed E-state index contributed by atoms with van der Waals surface area (Å²) < 4.78 is 5.74. The predicted molar refractivity (Wildman–Crippen MR) is 109 cm³/mol. The Bertz CT molecular complexity index is 941. The number of anilines is 1. The fourth-order valence-electron chi connectivity index (χ4n) is 3.49. The molecule has 1 atom stereocenters. The summed E-state index contributed by atoms with van der Waals surface area (Å²) in [6.07, 6.45) is 6.30. The van der Waals surface area contributed by atoms with Gasteiger partial charge in [0.1, 0.15) is 17.3 Å². The Kier molecular flexibility index (Phi) is 5.81. The highest BCUT2D eigenvalue weighted by Crippen LogP contribution is 2.24. The van der Waals surface area contributed by atoms with E-state index in [1.54, 1.807) is 12.4 Å². The first-order valence-corrected chi connectivity index (χ1v) is 9.78. The number of pyridine rings is 1. The normalized spacial score (nSPS) is 17.1. The van der Waals surface area contributed by atoms with E-state index in [0.29, 0.717) is 18.0 Å². The molecule has 1 saturated heterocycles. The molecule has 2 aromatic heterocycles. The van der Waals surface area contributed by atoms with Crippen LogP contribution in [0.5, 0.6) is 11.5 Å². The van der Waals surface area contributed by atoms with E-state index in [2.05, 4.69) is 30.4 Å².